The van der Waals surface area contributed by atoms with E-state index >= 15 is 0 Å². The second-order valence-electron chi connectivity index (χ2n) is 3.16. The Bertz CT molecular complexity index is 400. The van der Waals surface area contributed by atoms with Crippen LogP contribution >= 0.6 is 0 Å². The monoisotopic (exact) mass is 230 g/mol. The highest BCUT2D eigenvalue weighted by molar-refractivity contribution is 7.87. The average Bonchev–Trinajstić information content (AvgIpc) is 2.17. The molecule has 0 amide bonds. The van der Waals surface area contributed by atoms with E-state index < -0.39 is 10.2 Å². The van der Waals surface area contributed by atoms with Crippen LogP contribution in [0.4, 0.5) is 0 Å². The van der Waals surface area contributed by atoms with Crippen LogP contribution in [-0.4, -0.2) is 20.1 Å². The van der Waals surface area contributed by atoms with E-state index in [1.165, 1.54) is 0 Å². The molecule has 4 N–H and O–H groups in total. The van der Waals surface area contributed by atoms with Crippen molar-refractivity contribution in [1.29, 1.82) is 0 Å². The molecule has 1 aromatic rings. The first kappa shape index (κ1) is 12.1. The minimum absolute atomic E-state index is 0.00963. The van der Waals surface area contributed by atoms with E-state index in [0.29, 0.717) is 6.42 Å². The zero-order valence-corrected chi connectivity index (χ0v) is 9.00. The molecule has 1 rings (SSSR count). The summed E-state index contributed by atoms with van der Waals surface area (Å²) in [5.74, 6) is 0. The highest BCUT2D eigenvalue weighted by Crippen LogP contribution is 2.04. The van der Waals surface area contributed by atoms with E-state index in [-0.39, 0.29) is 13.2 Å². The van der Waals surface area contributed by atoms with Crippen LogP contribution in [-0.2, 0) is 23.2 Å². The molecule has 0 spiro atoms. The number of hydrogen-bond donors (Lipinski definition) is 3. The van der Waals surface area contributed by atoms with Gasteiger partial charge in [-0.2, -0.15) is 8.42 Å². The number of hydrogen-bond acceptors (Lipinski definition) is 3. The minimum Gasteiger partial charge on any atom is -0.392 e. The van der Waals surface area contributed by atoms with Crippen LogP contribution in [0.2, 0.25) is 0 Å². The lowest BCUT2D eigenvalue weighted by atomic mass is 10.1. The van der Waals surface area contributed by atoms with Crippen LogP contribution < -0.4 is 9.86 Å². The van der Waals surface area contributed by atoms with E-state index in [1.807, 2.05) is 12.1 Å². The van der Waals surface area contributed by atoms with Gasteiger partial charge in [0.1, 0.15) is 0 Å². The van der Waals surface area contributed by atoms with Gasteiger partial charge in [-0.3, -0.25) is 0 Å². The molecule has 84 valence electrons. The molecule has 0 heterocycles. The second-order valence-corrected chi connectivity index (χ2v) is 4.54. The van der Waals surface area contributed by atoms with E-state index in [1.54, 1.807) is 12.1 Å². The van der Waals surface area contributed by atoms with Crippen LogP contribution in [0.1, 0.15) is 11.1 Å². The standard InChI is InChI=1S/C9H14N2O3S/c10-15(13,14)11-6-5-8-1-3-9(7-12)4-2-8/h1-4,11-12H,5-7H2,(H2,10,13,14). The number of nitrogens with one attached hydrogen (secondary N) is 1. The average molecular weight is 230 g/mol. The zero-order valence-electron chi connectivity index (χ0n) is 8.18. The van der Waals surface area contributed by atoms with Crippen molar-refractivity contribution in [2.75, 3.05) is 6.54 Å². The maximum Gasteiger partial charge on any atom is 0.274 e. The van der Waals surface area contributed by atoms with Crippen molar-refractivity contribution < 1.29 is 13.5 Å². The summed E-state index contributed by atoms with van der Waals surface area (Å²) in [6.07, 6.45) is 0.572. The minimum atomic E-state index is -3.60. The molecule has 5 nitrogen and oxygen atoms in total. The molecule has 0 aromatic heterocycles. The summed E-state index contributed by atoms with van der Waals surface area (Å²) in [6, 6.07) is 7.28. The molecule has 0 atom stereocenters. The molecule has 6 heteroatoms. The summed E-state index contributed by atoms with van der Waals surface area (Å²) >= 11 is 0. The molecule has 0 aliphatic rings. The number of aliphatic hydroxyl groups is 1. The van der Waals surface area contributed by atoms with Gasteiger partial charge in [-0.25, -0.2) is 9.86 Å². The van der Waals surface area contributed by atoms with Gasteiger partial charge in [-0.1, -0.05) is 24.3 Å². The molecular formula is C9H14N2O3S. The highest BCUT2D eigenvalue weighted by atomic mass is 32.2. The van der Waals surface area contributed by atoms with Crippen LogP contribution in [0.25, 0.3) is 0 Å². The van der Waals surface area contributed by atoms with Crippen LogP contribution in [0.5, 0.6) is 0 Å². The third kappa shape index (κ3) is 4.89. The molecular weight excluding hydrogens is 216 g/mol. The fourth-order valence-electron chi connectivity index (χ4n) is 1.15. The molecule has 0 saturated heterocycles. The Balaban J connectivity index is 2.45. The van der Waals surface area contributed by atoms with Crippen molar-refractivity contribution in [3.8, 4) is 0 Å². The van der Waals surface area contributed by atoms with Gasteiger partial charge in [-0.05, 0) is 17.5 Å². The van der Waals surface area contributed by atoms with Crippen molar-refractivity contribution in [1.82, 2.24) is 4.72 Å². The van der Waals surface area contributed by atoms with Gasteiger partial charge in [0.15, 0.2) is 0 Å². The maximum absolute atomic E-state index is 10.6. The summed E-state index contributed by atoms with van der Waals surface area (Å²) in [5.41, 5.74) is 1.82. The van der Waals surface area contributed by atoms with Crippen molar-refractivity contribution >= 4 is 10.2 Å². The van der Waals surface area contributed by atoms with Crippen LogP contribution in [0, 0.1) is 0 Å². The maximum atomic E-state index is 10.6. The largest absolute Gasteiger partial charge is 0.392 e. The third-order valence-corrected chi connectivity index (χ3v) is 2.53. The summed E-state index contributed by atoms with van der Waals surface area (Å²) in [4.78, 5) is 0. The molecule has 0 fully saturated rings. The predicted molar refractivity (Wildman–Crippen MR) is 57.2 cm³/mol. The van der Waals surface area contributed by atoms with Gasteiger partial charge < -0.3 is 5.11 Å². The Kier molecular flexibility index (Phi) is 4.22. The Labute approximate surface area is 89.1 Å². The quantitative estimate of drug-likeness (QED) is 0.637. The number of benzene rings is 1. The molecule has 0 radical (unpaired) electrons. The summed E-state index contributed by atoms with van der Waals surface area (Å²) < 4.78 is 23.3. The number of nitrogens with two attached hydrogens (primary N) is 1. The van der Waals surface area contributed by atoms with Crippen molar-refractivity contribution in [2.45, 2.75) is 13.0 Å². The van der Waals surface area contributed by atoms with E-state index in [9.17, 15) is 8.42 Å². The van der Waals surface area contributed by atoms with Gasteiger partial charge in [0.25, 0.3) is 10.2 Å². The lowest BCUT2D eigenvalue weighted by Crippen LogP contribution is -2.32. The van der Waals surface area contributed by atoms with E-state index in [0.717, 1.165) is 11.1 Å². The normalized spacial score (nSPS) is 11.6. The van der Waals surface area contributed by atoms with E-state index in [2.05, 4.69) is 4.72 Å². The fourth-order valence-corrected chi connectivity index (χ4v) is 1.54. The Morgan fingerprint density at radius 3 is 2.20 bits per heavy atom. The van der Waals surface area contributed by atoms with Gasteiger partial charge >= 0.3 is 0 Å². The molecule has 0 aliphatic carbocycles. The Morgan fingerprint density at radius 2 is 1.73 bits per heavy atom. The highest BCUT2D eigenvalue weighted by Gasteiger charge is 2.00. The first-order chi connectivity index (χ1) is 7.01. The second kappa shape index (κ2) is 5.22. The molecule has 0 aliphatic heterocycles. The van der Waals surface area contributed by atoms with Crippen molar-refractivity contribution in [3.05, 3.63) is 35.4 Å². The Hall–Kier alpha value is -0.950. The topological polar surface area (TPSA) is 92.4 Å². The fraction of sp³-hybridized carbons (Fsp3) is 0.333. The number of rotatable bonds is 5. The molecule has 0 bridgehead atoms. The number of aliphatic hydroxyl groups excluding tert-OH is 1. The molecule has 15 heavy (non-hydrogen) atoms. The summed E-state index contributed by atoms with van der Waals surface area (Å²) in [7, 11) is -3.60. The first-order valence-corrected chi connectivity index (χ1v) is 6.02. The van der Waals surface area contributed by atoms with Crippen molar-refractivity contribution in [2.24, 2.45) is 5.14 Å². The predicted octanol–water partition coefficient (Wildman–Crippen LogP) is -0.485. The molecule has 1 aromatic carbocycles. The van der Waals surface area contributed by atoms with Gasteiger partial charge in [-0.15, -0.1) is 0 Å². The SMILES string of the molecule is NS(=O)(=O)NCCc1ccc(CO)cc1. The lowest BCUT2D eigenvalue weighted by Gasteiger charge is -2.03. The van der Waals surface area contributed by atoms with Crippen molar-refractivity contribution in [3.63, 3.8) is 0 Å². The smallest absolute Gasteiger partial charge is 0.274 e. The van der Waals surface area contributed by atoms with Gasteiger partial charge in [0.05, 0.1) is 6.61 Å². The van der Waals surface area contributed by atoms with E-state index in [4.69, 9.17) is 10.2 Å². The first-order valence-electron chi connectivity index (χ1n) is 4.47. The van der Waals surface area contributed by atoms with Crippen LogP contribution in [0.15, 0.2) is 24.3 Å². The summed E-state index contributed by atoms with van der Waals surface area (Å²) in [6.45, 7) is 0.285. The lowest BCUT2D eigenvalue weighted by molar-refractivity contribution is 0.282. The Morgan fingerprint density at radius 1 is 1.20 bits per heavy atom. The van der Waals surface area contributed by atoms with Gasteiger partial charge in [0.2, 0.25) is 0 Å². The summed E-state index contributed by atoms with van der Waals surface area (Å²) in [5, 5.41) is 13.6. The van der Waals surface area contributed by atoms with Gasteiger partial charge in [0, 0.05) is 6.54 Å². The van der Waals surface area contributed by atoms with Crippen LogP contribution in [0.3, 0.4) is 0 Å². The zero-order chi connectivity index (χ0) is 11.3. The molecule has 0 unspecified atom stereocenters. The molecule has 0 saturated carbocycles. The third-order valence-electron chi connectivity index (χ3n) is 1.92.